The molecule has 3 rings (SSSR count). The number of aromatic nitrogens is 1. The van der Waals surface area contributed by atoms with Crippen LogP contribution in [0.2, 0.25) is 5.02 Å². The lowest BCUT2D eigenvalue weighted by molar-refractivity contribution is -0.145. The number of esters is 1. The van der Waals surface area contributed by atoms with Crippen molar-refractivity contribution in [2.24, 2.45) is 5.73 Å². The predicted molar refractivity (Wildman–Crippen MR) is 109 cm³/mol. The van der Waals surface area contributed by atoms with Gasteiger partial charge in [0.1, 0.15) is 17.4 Å². The summed E-state index contributed by atoms with van der Waals surface area (Å²) in [6.07, 6.45) is -0.0977. The monoisotopic (exact) mass is 433 g/mol. The van der Waals surface area contributed by atoms with Crippen molar-refractivity contribution in [1.29, 1.82) is 0 Å². The largest absolute Gasteiger partial charge is 0.459 e. The fourth-order valence-corrected chi connectivity index (χ4v) is 3.53. The summed E-state index contributed by atoms with van der Waals surface area (Å²) in [5.74, 6) is -0.839. The van der Waals surface area contributed by atoms with Gasteiger partial charge < -0.3 is 15.8 Å². The van der Waals surface area contributed by atoms with Crippen LogP contribution in [0.4, 0.5) is 9.18 Å². The van der Waals surface area contributed by atoms with E-state index in [1.54, 1.807) is 41.8 Å². The molecule has 29 heavy (non-hydrogen) atoms. The highest BCUT2D eigenvalue weighted by Gasteiger charge is 2.19. The minimum absolute atomic E-state index is 0.0135. The molecular formula is C20H17ClFN3O3S. The van der Waals surface area contributed by atoms with Gasteiger partial charge in [-0.15, -0.1) is 11.3 Å². The van der Waals surface area contributed by atoms with Crippen molar-refractivity contribution in [3.8, 4) is 10.6 Å². The second-order valence-corrected chi connectivity index (χ2v) is 7.42. The van der Waals surface area contributed by atoms with Crippen molar-refractivity contribution < 1.29 is 18.7 Å². The van der Waals surface area contributed by atoms with E-state index in [9.17, 15) is 14.0 Å². The molecule has 6 nitrogen and oxygen atoms in total. The summed E-state index contributed by atoms with van der Waals surface area (Å²) in [4.78, 5) is 27.9. The van der Waals surface area contributed by atoms with E-state index < -0.39 is 18.0 Å². The van der Waals surface area contributed by atoms with Gasteiger partial charge in [-0.2, -0.15) is 0 Å². The number of rotatable bonds is 7. The molecule has 1 aromatic heterocycles. The highest BCUT2D eigenvalue weighted by Crippen LogP contribution is 2.25. The lowest BCUT2D eigenvalue weighted by Gasteiger charge is -2.17. The number of hydrogen-bond donors (Lipinski definition) is 2. The van der Waals surface area contributed by atoms with Crippen LogP contribution in [0.5, 0.6) is 0 Å². The van der Waals surface area contributed by atoms with Crippen molar-refractivity contribution in [2.75, 3.05) is 0 Å². The third kappa shape index (κ3) is 6.00. The van der Waals surface area contributed by atoms with Crippen LogP contribution in [0.3, 0.4) is 0 Å². The summed E-state index contributed by atoms with van der Waals surface area (Å²) in [5, 5.41) is 5.53. The number of ether oxygens (including phenoxy) is 1. The molecule has 0 unspecified atom stereocenters. The van der Waals surface area contributed by atoms with Crippen molar-refractivity contribution in [3.05, 3.63) is 76.0 Å². The average Bonchev–Trinajstić information content (AvgIpc) is 3.16. The van der Waals surface area contributed by atoms with Crippen LogP contribution in [0.1, 0.15) is 23.7 Å². The van der Waals surface area contributed by atoms with E-state index in [0.717, 1.165) is 5.56 Å². The molecule has 0 saturated heterocycles. The number of carbonyl (C=O) groups excluding carboxylic acids is 2. The number of nitrogens with zero attached hydrogens (tertiary/aromatic N) is 1. The van der Waals surface area contributed by atoms with Crippen LogP contribution in [0, 0.1) is 5.82 Å². The molecule has 0 spiro atoms. The zero-order valence-electron chi connectivity index (χ0n) is 15.1. The van der Waals surface area contributed by atoms with Crippen LogP contribution in [0.25, 0.3) is 10.6 Å². The Labute approximate surface area is 175 Å². The van der Waals surface area contributed by atoms with E-state index >= 15 is 0 Å². The SMILES string of the molecule is NC(=O)N[C@@H](CC(=O)OCc1csc(-c2ccc(F)cc2)n1)c1ccc(Cl)cc1. The summed E-state index contributed by atoms with van der Waals surface area (Å²) < 4.78 is 18.3. The maximum absolute atomic E-state index is 13.0. The third-order valence-corrected chi connectivity index (χ3v) is 5.18. The number of thiazole rings is 1. The van der Waals surface area contributed by atoms with E-state index in [4.69, 9.17) is 22.1 Å². The van der Waals surface area contributed by atoms with Crippen LogP contribution >= 0.6 is 22.9 Å². The van der Waals surface area contributed by atoms with E-state index in [0.29, 0.717) is 21.3 Å². The first-order chi connectivity index (χ1) is 13.9. The summed E-state index contributed by atoms with van der Waals surface area (Å²) >= 11 is 7.24. The normalized spacial score (nSPS) is 11.7. The molecule has 0 aliphatic carbocycles. The molecule has 3 aromatic rings. The van der Waals surface area contributed by atoms with Gasteiger partial charge >= 0.3 is 12.0 Å². The van der Waals surface area contributed by atoms with Gasteiger partial charge in [0.2, 0.25) is 0 Å². The number of nitrogens with two attached hydrogens (primary N) is 1. The second kappa shape index (κ2) is 9.49. The first kappa shape index (κ1) is 20.8. The maximum atomic E-state index is 13.0. The Hall–Kier alpha value is -2.97. The molecule has 1 atom stereocenters. The number of nitrogens with one attached hydrogen (secondary N) is 1. The quantitative estimate of drug-likeness (QED) is 0.538. The molecule has 2 amide bonds. The molecule has 2 aromatic carbocycles. The highest BCUT2D eigenvalue weighted by atomic mass is 35.5. The fourth-order valence-electron chi connectivity index (χ4n) is 2.60. The molecule has 1 heterocycles. The van der Waals surface area contributed by atoms with Gasteiger partial charge in [-0.05, 0) is 42.0 Å². The molecule has 0 saturated carbocycles. The van der Waals surface area contributed by atoms with Gasteiger partial charge in [-0.1, -0.05) is 23.7 Å². The minimum atomic E-state index is -0.749. The topological polar surface area (TPSA) is 94.3 Å². The number of urea groups is 1. The van der Waals surface area contributed by atoms with Gasteiger partial charge in [-0.25, -0.2) is 14.2 Å². The summed E-state index contributed by atoms with van der Waals surface area (Å²) in [6, 6.07) is 11.3. The first-order valence-electron chi connectivity index (χ1n) is 8.58. The Balaban J connectivity index is 1.59. The molecule has 0 aliphatic heterocycles. The molecule has 0 bridgehead atoms. The van der Waals surface area contributed by atoms with Gasteiger partial charge in [0.25, 0.3) is 0 Å². The van der Waals surface area contributed by atoms with Gasteiger partial charge in [0.15, 0.2) is 0 Å². The molecule has 0 radical (unpaired) electrons. The number of halogens is 2. The second-order valence-electron chi connectivity index (χ2n) is 6.13. The van der Waals surface area contributed by atoms with Gasteiger partial charge in [0.05, 0.1) is 18.2 Å². The van der Waals surface area contributed by atoms with Gasteiger partial charge in [-0.3, -0.25) is 4.79 Å². The number of hydrogen-bond acceptors (Lipinski definition) is 5. The van der Waals surface area contributed by atoms with Crippen molar-refractivity contribution in [1.82, 2.24) is 10.3 Å². The van der Waals surface area contributed by atoms with Crippen LogP contribution in [-0.2, 0) is 16.1 Å². The smallest absolute Gasteiger partial charge is 0.312 e. The zero-order valence-corrected chi connectivity index (χ0v) is 16.7. The number of primary amides is 1. The van der Waals surface area contributed by atoms with Crippen LogP contribution < -0.4 is 11.1 Å². The minimum Gasteiger partial charge on any atom is -0.459 e. The Morgan fingerprint density at radius 2 is 1.86 bits per heavy atom. The summed E-state index contributed by atoms with van der Waals surface area (Å²) in [5.41, 5.74) is 7.24. The molecule has 9 heteroatoms. The van der Waals surface area contributed by atoms with Crippen LogP contribution in [0.15, 0.2) is 53.9 Å². The van der Waals surface area contributed by atoms with E-state index in [-0.39, 0.29) is 18.8 Å². The standard InChI is InChI=1S/C20H17ClFN3O3S/c21-14-5-1-12(2-6-14)17(25-20(23)27)9-18(26)28-10-16-11-29-19(24-16)13-3-7-15(22)8-4-13/h1-8,11,17H,9-10H2,(H3,23,25,27)/t17-/m0/s1. The van der Waals surface area contributed by atoms with Gasteiger partial charge in [0, 0.05) is 16.0 Å². The Morgan fingerprint density at radius 1 is 1.17 bits per heavy atom. The van der Waals surface area contributed by atoms with Crippen molar-refractivity contribution >= 4 is 34.9 Å². The van der Waals surface area contributed by atoms with E-state index in [2.05, 4.69) is 10.3 Å². The zero-order chi connectivity index (χ0) is 20.8. The molecule has 0 aliphatic rings. The number of amides is 2. The fraction of sp³-hybridized carbons (Fsp3) is 0.150. The molecular weight excluding hydrogens is 417 g/mol. The lowest BCUT2D eigenvalue weighted by atomic mass is 10.0. The van der Waals surface area contributed by atoms with Crippen molar-refractivity contribution in [3.63, 3.8) is 0 Å². The summed E-state index contributed by atoms with van der Waals surface area (Å²) in [7, 11) is 0. The molecule has 150 valence electrons. The Morgan fingerprint density at radius 3 is 2.52 bits per heavy atom. The summed E-state index contributed by atoms with van der Waals surface area (Å²) in [6.45, 7) is -0.0135. The highest BCUT2D eigenvalue weighted by molar-refractivity contribution is 7.13. The molecule has 3 N–H and O–H groups in total. The van der Waals surface area contributed by atoms with Crippen LogP contribution in [-0.4, -0.2) is 17.0 Å². The lowest BCUT2D eigenvalue weighted by Crippen LogP contribution is -2.34. The third-order valence-electron chi connectivity index (χ3n) is 3.98. The van der Waals surface area contributed by atoms with Crippen molar-refractivity contribution in [2.45, 2.75) is 19.1 Å². The maximum Gasteiger partial charge on any atom is 0.312 e. The van der Waals surface area contributed by atoms with E-state index in [1.807, 2.05) is 0 Å². The average molecular weight is 434 g/mol. The molecule has 0 fully saturated rings. The van der Waals surface area contributed by atoms with E-state index in [1.165, 1.54) is 23.5 Å². The number of benzene rings is 2. The Bertz CT molecular complexity index is 993. The Kier molecular flexibility index (Phi) is 6.79. The first-order valence-corrected chi connectivity index (χ1v) is 9.84. The number of carbonyl (C=O) groups is 2. The predicted octanol–water partition coefficient (Wildman–Crippen LogP) is 4.45.